The number of hydrogen-bond donors (Lipinski definition) is 1. The predicted octanol–water partition coefficient (Wildman–Crippen LogP) is 3.59. The molecule has 1 aliphatic carbocycles. The van der Waals surface area contributed by atoms with Crippen LogP contribution in [0.1, 0.15) is 37.3 Å². The van der Waals surface area contributed by atoms with E-state index in [0.717, 1.165) is 12.3 Å². The zero-order valence-corrected chi connectivity index (χ0v) is 11.0. The molecule has 17 heavy (non-hydrogen) atoms. The third kappa shape index (κ3) is 2.63. The zero-order valence-electron chi connectivity index (χ0n) is 10.2. The van der Waals surface area contributed by atoms with E-state index in [0.29, 0.717) is 6.04 Å². The van der Waals surface area contributed by atoms with Crippen LogP contribution in [0.5, 0.6) is 0 Å². The average molecular weight is 251 g/mol. The molecule has 1 aliphatic heterocycles. The molecular formula is C14H19ClN2. The summed E-state index contributed by atoms with van der Waals surface area (Å²) in [7, 11) is 0. The fraction of sp³-hybridized carbons (Fsp3) is 0.500. The lowest BCUT2D eigenvalue weighted by molar-refractivity contribution is 0.739. The number of benzene rings is 1. The Morgan fingerprint density at radius 2 is 2.00 bits per heavy atom. The second-order valence-corrected chi connectivity index (χ2v) is 4.93. The van der Waals surface area contributed by atoms with E-state index in [9.17, 15) is 0 Å². The van der Waals surface area contributed by atoms with Crippen molar-refractivity contribution in [2.45, 2.75) is 45.1 Å². The lowest BCUT2D eigenvalue weighted by Crippen LogP contribution is -2.08. The molecule has 1 unspecified atom stereocenters. The van der Waals surface area contributed by atoms with Crippen LogP contribution >= 0.6 is 12.4 Å². The maximum atomic E-state index is 4.58. The van der Waals surface area contributed by atoms with E-state index in [2.05, 4.69) is 35.4 Å². The highest BCUT2D eigenvalue weighted by Gasteiger charge is 2.14. The van der Waals surface area contributed by atoms with Crippen LogP contribution in [0.15, 0.2) is 23.2 Å². The second kappa shape index (κ2) is 5.09. The molecule has 1 heterocycles. The highest BCUT2D eigenvalue weighted by Crippen LogP contribution is 2.25. The van der Waals surface area contributed by atoms with Gasteiger partial charge in [0.25, 0.3) is 0 Å². The van der Waals surface area contributed by atoms with Crippen molar-refractivity contribution in [3.8, 4) is 0 Å². The molecule has 2 nitrogen and oxygen atoms in total. The number of halogens is 1. The summed E-state index contributed by atoms with van der Waals surface area (Å²) in [6, 6.07) is 7.25. The van der Waals surface area contributed by atoms with E-state index in [1.54, 1.807) is 0 Å². The molecule has 3 heteroatoms. The monoisotopic (exact) mass is 250 g/mol. The van der Waals surface area contributed by atoms with Crippen molar-refractivity contribution >= 4 is 23.9 Å². The Balaban J connectivity index is 0.00000108. The number of fused-ring (bicyclic) bond motifs is 1. The van der Waals surface area contributed by atoms with Gasteiger partial charge in [-0.25, -0.2) is 0 Å². The number of rotatable bonds is 1. The first-order valence-electron chi connectivity index (χ1n) is 6.27. The minimum atomic E-state index is 0. The van der Waals surface area contributed by atoms with Crippen LogP contribution in [-0.4, -0.2) is 11.9 Å². The molecule has 0 fully saturated rings. The van der Waals surface area contributed by atoms with Crippen molar-refractivity contribution in [1.82, 2.24) is 0 Å². The van der Waals surface area contributed by atoms with Crippen molar-refractivity contribution < 1.29 is 0 Å². The molecule has 3 rings (SSSR count). The van der Waals surface area contributed by atoms with Gasteiger partial charge in [-0.3, -0.25) is 4.99 Å². The summed E-state index contributed by atoms with van der Waals surface area (Å²) in [6.07, 6.45) is 6.10. The fourth-order valence-electron chi connectivity index (χ4n) is 2.65. The number of hydrogen-bond acceptors (Lipinski definition) is 2. The van der Waals surface area contributed by atoms with Gasteiger partial charge in [0.1, 0.15) is 5.84 Å². The van der Waals surface area contributed by atoms with Gasteiger partial charge < -0.3 is 5.32 Å². The fourth-order valence-corrected chi connectivity index (χ4v) is 2.65. The maximum Gasteiger partial charge on any atom is 0.101 e. The highest BCUT2D eigenvalue weighted by molar-refractivity contribution is 5.96. The summed E-state index contributed by atoms with van der Waals surface area (Å²) in [5.74, 6) is 1.16. The van der Waals surface area contributed by atoms with Gasteiger partial charge in [-0.2, -0.15) is 0 Å². The first-order chi connectivity index (χ1) is 7.81. The van der Waals surface area contributed by atoms with Gasteiger partial charge in [0.15, 0.2) is 0 Å². The lowest BCUT2D eigenvalue weighted by Gasteiger charge is -2.07. The first-order valence-corrected chi connectivity index (χ1v) is 6.27. The average Bonchev–Trinajstić information content (AvgIpc) is 2.87. The Morgan fingerprint density at radius 1 is 1.18 bits per heavy atom. The molecule has 0 saturated carbocycles. The molecular weight excluding hydrogens is 232 g/mol. The number of anilines is 1. The van der Waals surface area contributed by atoms with Crippen LogP contribution < -0.4 is 5.32 Å². The molecule has 92 valence electrons. The van der Waals surface area contributed by atoms with E-state index in [-0.39, 0.29) is 12.4 Å². The Kier molecular flexibility index (Phi) is 3.72. The number of nitrogens with zero attached hydrogens (tertiary/aromatic N) is 1. The van der Waals surface area contributed by atoms with Gasteiger partial charge in [-0.15, -0.1) is 12.4 Å². The van der Waals surface area contributed by atoms with E-state index in [4.69, 9.17) is 0 Å². The summed E-state index contributed by atoms with van der Waals surface area (Å²) in [6.45, 7) is 2.18. The van der Waals surface area contributed by atoms with Crippen LogP contribution in [0.25, 0.3) is 0 Å². The van der Waals surface area contributed by atoms with Gasteiger partial charge >= 0.3 is 0 Å². The van der Waals surface area contributed by atoms with Gasteiger partial charge in [0.2, 0.25) is 0 Å². The molecule has 0 saturated heterocycles. The van der Waals surface area contributed by atoms with Crippen molar-refractivity contribution in [3.63, 3.8) is 0 Å². The highest BCUT2D eigenvalue weighted by atomic mass is 35.5. The summed E-state index contributed by atoms with van der Waals surface area (Å²) in [4.78, 5) is 4.58. The zero-order chi connectivity index (χ0) is 11.0. The molecule has 2 aliphatic rings. The molecule has 0 aromatic heterocycles. The van der Waals surface area contributed by atoms with E-state index >= 15 is 0 Å². The Labute approximate surface area is 109 Å². The number of nitrogens with one attached hydrogen (secondary N) is 1. The van der Waals surface area contributed by atoms with Crippen LogP contribution in [0.2, 0.25) is 0 Å². The quantitative estimate of drug-likeness (QED) is 0.809. The first kappa shape index (κ1) is 12.4. The van der Waals surface area contributed by atoms with Crippen LogP contribution in [0.3, 0.4) is 0 Å². The van der Waals surface area contributed by atoms with E-state index < -0.39 is 0 Å². The summed E-state index contributed by atoms with van der Waals surface area (Å²) in [5.41, 5.74) is 4.28. The Bertz CT molecular complexity index is 440. The molecule has 0 bridgehead atoms. The van der Waals surface area contributed by atoms with Crippen molar-refractivity contribution in [2.75, 3.05) is 5.32 Å². The molecule has 0 amide bonds. The SMILES string of the molecule is CC1CCC(Nc2ccc3c(c2)CCC3)=N1.Cl. The smallest absolute Gasteiger partial charge is 0.101 e. The third-order valence-electron chi connectivity index (χ3n) is 3.56. The van der Waals surface area contributed by atoms with Gasteiger partial charge in [-0.1, -0.05) is 6.07 Å². The molecule has 0 spiro atoms. The maximum absolute atomic E-state index is 4.58. The van der Waals surface area contributed by atoms with Crippen LogP contribution in [0, 0.1) is 0 Å². The van der Waals surface area contributed by atoms with Crippen LogP contribution in [0.4, 0.5) is 5.69 Å². The van der Waals surface area contributed by atoms with Gasteiger partial charge in [0.05, 0.1) is 0 Å². The number of aryl methyl sites for hydroxylation is 2. The van der Waals surface area contributed by atoms with E-state index in [1.807, 2.05) is 0 Å². The third-order valence-corrected chi connectivity index (χ3v) is 3.56. The van der Waals surface area contributed by atoms with Crippen LogP contribution in [-0.2, 0) is 12.8 Å². The Hall–Kier alpha value is -1.02. The standard InChI is InChI=1S/C14H18N2.ClH/c1-10-5-8-14(15-10)16-13-7-6-11-3-2-4-12(11)9-13;/h6-7,9-10H,2-5,8H2,1H3,(H,15,16);1H. The summed E-state index contributed by atoms with van der Waals surface area (Å²) in [5, 5.41) is 3.45. The van der Waals surface area contributed by atoms with Gasteiger partial charge in [-0.05, 0) is 55.9 Å². The molecule has 1 aromatic rings. The molecule has 1 N–H and O–H groups in total. The van der Waals surface area contributed by atoms with Crippen molar-refractivity contribution in [3.05, 3.63) is 29.3 Å². The second-order valence-electron chi connectivity index (χ2n) is 4.93. The van der Waals surface area contributed by atoms with E-state index in [1.165, 1.54) is 42.5 Å². The number of aliphatic imine (C=N–C) groups is 1. The lowest BCUT2D eigenvalue weighted by atomic mass is 10.1. The minimum Gasteiger partial charge on any atom is -0.344 e. The predicted molar refractivity (Wildman–Crippen MR) is 75.5 cm³/mol. The normalized spacial score (nSPS) is 21.7. The minimum absolute atomic E-state index is 0. The molecule has 1 atom stereocenters. The number of amidine groups is 1. The summed E-state index contributed by atoms with van der Waals surface area (Å²) >= 11 is 0. The molecule has 1 aromatic carbocycles. The van der Waals surface area contributed by atoms with Gasteiger partial charge in [0, 0.05) is 18.2 Å². The summed E-state index contributed by atoms with van der Waals surface area (Å²) < 4.78 is 0. The molecule has 0 radical (unpaired) electrons. The topological polar surface area (TPSA) is 24.4 Å². The van der Waals surface area contributed by atoms with Crippen molar-refractivity contribution in [2.24, 2.45) is 4.99 Å². The Morgan fingerprint density at radius 3 is 2.76 bits per heavy atom. The largest absolute Gasteiger partial charge is 0.344 e. The van der Waals surface area contributed by atoms with Crippen molar-refractivity contribution in [1.29, 1.82) is 0 Å².